The van der Waals surface area contributed by atoms with Crippen LogP contribution in [0.5, 0.6) is 0 Å². The normalized spacial score (nSPS) is 15.7. The van der Waals surface area contributed by atoms with Gasteiger partial charge in [0.2, 0.25) is 5.91 Å². The number of carbonyl (C=O) groups is 1. The Balaban J connectivity index is 1.72. The third-order valence-electron chi connectivity index (χ3n) is 3.47. The molecule has 1 aromatic carbocycles. The summed E-state index contributed by atoms with van der Waals surface area (Å²) in [6.07, 6.45) is 2.30. The van der Waals surface area contributed by atoms with Crippen molar-refractivity contribution < 1.29 is 9.18 Å². The number of benzene rings is 1. The molecule has 2 N–H and O–H groups in total. The summed E-state index contributed by atoms with van der Waals surface area (Å²) >= 11 is 1.58. The summed E-state index contributed by atoms with van der Waals surface area (Å²) in [5.74, 6) is -0.310. The predicted molar refractivity (Wildman–Crippen MR) is 81.7 cm³/mol. The lowest BCUT2D eigenvalue weighted by molar-refractivity contribution is -0.120. The number of amides is 1. The highest BCUT2D eigenvalue weighted by Crippen LogP contribution is 2.26. The fourth-order valence-electron chi connectivity index (χ4n) is 2.17. The van der Waals surface area contributed by atoms with Gasteiger partial charge in [0.15, 0.2) is 0 Å². The van der Waals surface area contributed by atoms with E-state index in [1.54, 1.807) is 23.5 Å². The van der Waals surface area contributed by atoms with Gasteiger partial charge in [-0.25, -0.2) is 4.39 Å². The Morgan fingerprint density at radius 1 is 1.29 bits per heavy atom. The Morgan fingerprint density at radius 2 is 2.05 bits per heavy atom. The molecule has 1 heterocycles. The van der Waals surface area contributed by atoms with Crippen molar-refractivity contribution in [3.05, 3.63) is 58.0 Å². The van der Waals surface area contributed by atoms with Crippen LogP contribution in [0.4, 0.5) is 4.39 Å². The van der Waals surface area contributed by atoms with Crippen LogP contribution in [0.15, 0.2) is 41.8 Å². The monoisotopic (exact) mass is 304 g/mol. The van der Waals surface area contributed by atoms with Crippen molar-refractivity contribution in [1.82, 2.24) is 10.6 Å². The molecule has 5 heteroatoms. The van der Waals surface area contributed by atoms with Gasteiger partial charge in [-0.1, -0.05) is 18.2 Å². The minimum Gasteiger partial charge on any atom is -0.343 e. The zero-order valence-electron chi connectivity index (χ0n) is 11.5. The molecule has 1 aliphatic carbocycles. The highest BCUT2D eigenvalue weighted by atomic mass is 32.1. The lowest BCUT2D eigenvalue weighted by atomic mass is 10.1. The van der Waals surface area contributed by atoms with E-state index in [9.17, 15) is 9.18 Å². The quantitative estimate of drug-likeness (QED) is 0.861. The molecule has 0 saturated heterocycles. The molecule has 3 rings (SSSR count). The van der Waals surface area contributed by atoms with E-state index >= 15 is 0 Å². The van der Waals surface area contributed by atoms with Gasteiger partial charge < -0.3 is 10.6 Å². The third-order valence-corrected chi connectivity index (χ3v) is 4.40. The third kappa shape index (κ3) is 3.89. The van der Waals surface area contributed by atoms with E-state index < -0.39 is 0 Å². The first-order valence-corrected chi connectivity index (χ1v) is 7.92. The Kier molecular flexibility index (Phi) is 4.31. The van der Waals surface area contributed by atoms with E-state index in [-0.39, 0.29) is 17.8 Å². The number of hydrogen-bond donors (Lipinski definition) is 2. The summed E-state index contributed by atoms with van der Waals surface area (Å²) in [6.45, 7) is 0.327. The summed E-state index contributed by atoms with van der Waals surface area (Å²) in [6, 6.07) is 10.5. The first-order valence-electron chi connectivity index (χ1n) is 7.04. The number of nitrogens with one attached hydrogen (secondary N) is 2. The van der Waals surface area contributed by atoms with Gasteiger partial charge >= 0.3 is 0 Å². The van der Waals surface area contributed by atoms with E-state index in [1.807, 2.05) is 17.5 Å². The second kappa shape index (κ2) is 6.37. The molecule has 2 aromatic rings. The van der Waals surface area contributed by atoms with E-state index in [1.165, 1.54) is 12.1 Å². The number of rotatable bonds is 6. The van der Waals surface area contributed by atoms with Gasteiger partial charge in [0.25, 0.3) is 0 Å². The highest BCUT2D eigenvalue weighted by Gasteiger charge is 2.23. The van der Waals surface area contributed by atoms with Gasteiger partial charge in [0.05, 0.1) is 12.6 Å². The molecule has 0 aliphatic heterocycles. The summed E-state index contributed by atoms with van der Waals surface area (Å²) in [5, 5.41) is 8.20. The van der Waals surface area contributed by atoms with Crippen molar-refractivity contribution in [1.29, 1.82) is 0 Å². The first kappa shape index (κ1) is 14.2. The Morgan fingerprint density at radius 3 is 2.67 bits per heavy atom. The maximum absolute atomic E-state index is 13.1. The van der Waals surface area contributed by atoms with Crippen molar-refractivity contribution in [3.63, 3.8) is 0 Å². The SMILES string of the molecule is O=C(CNC1CC1)NC(c1ccc(F)cc1)c1cccs1. The highest BCUT2D eigenvalue weighted by molar-refractivity contribution is 7.10. The molecule has 21 heavy (non-hydrogen) atoms. The first-order chi connectivity index (χ1) is 10.2. The largest absolute Gasteiger partial charge is 0.343 e. The van der Waals surface area contributed by atoms with Crippen LogP contribution in [0.2, 0.25) is 0 Å². The topological polar surface area (TPSA) is 41.1 Å². The van der Waals surface area contributed by atoms with E-state index in [0.717, 1.165) is 23.3 Å². The maximum atomic E-state index is 13.1. The molecule has 1 aromatic heterocycles. The molecular formula is C16H17FN2OS. The second-order valence-corrected chi connectivity index (χ2v) is 6.20. The number of halogens is 1. The number of hydrogen-bond acceptors (Lipinski definition) is 3. The van der Waals surface area contributed by atoms with Crippen LogP contribution in [-0.2, 0) is 4.79 Å². The molecule has 0 radical (unpaired) electrons. The van der Waals surface area contributed by atoms with E-state index in [2.05, 4.69) is 10.6 Å². The van der Waals surface area contributed by atoms with Gasteiger partial charge in [-0.2, -0.15) is 0 Å². The lowest BCUT2D eigenvalue weighted by Crippen LogP contribution is -2.37. The van der Waals surface area contributed by atoms with Crippen molar-refractivity contribution in [2.24, 2.45) is 0 Å². The molecular weight excluding hydrogens is 287 g/mol. The molecule has 1 unspecified atom stereocenters. The fraction of sp³-hybridized carbons (Fsp3) is 0.312. The van der Waals surface area contributed by atoms with Crippen molar-refractivity contribution >= 4 is 17.2 Å². The Hall–Kier alpha value is -1.72. The molecule has 0 spiro atoms. The zero-order valence-corrected chi connectivity index (χ0v) is 12.3. The van der Waals surface area contributed by atoms with Gasteiger partial charge in [0, 0.05) is 10.9 Å². The van der Waals surface area contributed by atoms with Crippen molar-refractivity contribution in [2.75, 3.05) is 6.54 Å². The van der Waals surface area contributed by atoms with Crippen LogP contribution in [0.25, 0.3) is 0 Å². The minimum absolute atomic E-state index is 0.0374. The predicted octanol–water partition coefficient (Wildman–Crippen LogP) is 2.84. The molecule has 1 fully saturated rings. The Labute approximate surface area is 127 Å². The average Bonchev–Trinajstić information content (AvgIpc) is 3.16. The lowest BCUT2D eigenvalue weighted by Gasteiger charge is -2.18. The Bertz CT molecular complexity index is 593. The van der Waals surface area contributed by atoms with Crippen molar-refractivity contribution in [2.45, 2.75) is 24.9 Å². The zero-order chi connectivity index (χ0) is 14.7. The van der Waals surface area contributed by atoms with Crippen molar-refractivity contribution in [3.8, 4) is 0 Å². The van der Waals surface area contributed by atoms with E-state index in [4.69, 9.17) is 0 Å². The molecule has 1 saturated carbocycles. The summed E-state index contributed by atoms with van der Waals surface area (Å²) in [5.41, 5.74) is 0.888. The van der Waals surface area contributed by atoms with E-state index in [0.29, 0.717) is 12.6 Å². The molecule has 1 aliphatic rings. The van der Waals surface area contributed by atoms with Crippen LogP contribution in [0.3, 0.4) is 0 Å². The van der Waals surface area contributed by atoms with Gasteiger partial charge in [-0.15, -0.1) is 11.3 Å². The van der Waals surface area contributed by atoms with Gasteiger partial charge in [0.1, 0.15) is 5.82 Å². The number of carbonyl (C=O) groups excluding carboxylic acids is 1. The minimum atomic E-state index is -0.273. The fourth-order valence-corrected chi connectivity index (χ4v) is 2.97. The van der Waals surface area contributed by atoms with Crippen LogP contribution in [0, 0.1) is 5.82 Å². The number of thiophene rings is 1. The summed E-state index contributed by atoms with van der Waals surface area (Å²) in [7, 11) is 0. The van der Waals surface area contributed by atoms with Gasteiger partial charge in [-0.05, 0) is 42.0 Å². The molecule has 1 amide bonds. The van der Waals surface area contributed by atoms with Crippen LogP contribution in [0.1, 0.15) is 29.3 Å². The standard InChI is InChI=1S/C16H17FN2OS/c17-12-5-3-11(4-6-12)16(14-2-1-9-21-14)19-15(20)10-18-13-7-8-13/h1-6,9,13,16,18H,7-8,10H2,(H,19,20). The second-order valence-electron chi connectivity index (χ2n) is 5.22. The van der Waals surface area contributed by atoms with Gasteiger partial charge in [-0.3, -0.25) is 4.79 Å². The molecule has 110 valence electrons. The van der Waals surface area contributed by atoms with Crippen LogP contribution < -0.4 is 10.6 Å². The van der Waals surface area contributed by atoms with Crippen LogP contribution in [-0.4, -0.2) is 18.5 Å². The molecule has 0 bridgehead atoms. The molecule has 1 atom stereocenters. The summed E-state index contributed by atoms with van der Waals surface area (Å²) in [4.78, 5) is 13.1. The maximum Gasteiger partial charge on any atom is 0.234 e. The van der Waals surface area contributed by atoms with Crippen LogP contribution >= 0.6 is 11.3 Å². The average molecular weight is 304 g/mol. The molecule has 3 nitrogen and oxygen atoms in total. The summed E-state index contributed by atoms with van der Waals surface area (Å²) < 4.78 is 13.1. The smallest absolute Gasteiger partial charge is 0.234 e.